The first-order chi connectivity index (χ1) is 16.6. The Kier molecular flexibility index (Phi) is 5.35. The van der Waals surface area contributed by atoms with Crippen LogP contribution >= 0.6 is 11.8 Å². The number of ether oxygens (including phenoxy) is 1. The molecule has 0 saturated carbocycles. The number of benzene rings is 3. The number of nitrogens with zero attached hydrogens (tertiary/aromatic N) is 2. The standard InChI is InChI=1S/C28H27N3O2S/c1-20(32)30-17-15-28(16-18-30)31-26(24-9-5-6-10-27(24)33-28)19-25(29-31)21-11-13-23(14-12-21)34-22-7-3-2-4-8-22/h2-14,19,26,29H,15-18H2,1H3/t26-/m1/s1. The molecule has 6 rings (SSSR count). The molecule has 34 heavy (non-hydrogen) atoms. The zero-order valence-corrected chi connectivity index (χ0v) is 19.9. The fraction of sp³-hybridized carbons (Fsp3) is 0.250. The number of hydrazine groups is 1. The van der Waals surface area contributed by atoms with Crippen molar-refractivity contribution in [2.24, 2.45) is 0 Å². The largest absolute Gasteiger partial charge is 0.470 e. The van der Waals surface area contributed by atoms with E-state index in [0.717, 1.165) is 29.9 Å². The average molecular weight is 470 g/mol. The van der Waals surface area contributed by atoms with Crippen molar-refractivity contribution in [3.63, 3.8) is 0 Å². The van der Waals surface area contributed by atoms with Crippen LogP contribution in [0, 0.1) is 0 Å². The minimum absolute atomic E-state index is 0.0854. The van der Waals surface area contributed by atoms with Crippen LogP contribution in [0.3, 0.4) is 0 Å². The molecule has 3 aliphatic heterocycles. The van der Waals surface area contributed by atoms with Crippen LogP contribution in [-0.2, 0) is 4.79 Å². The van der Waals surface area contributed by atoms with Gasteiger partial charge in [0, 0.05) is 48.2 Å². The summed E-state index contributed by atoms with van der Waals surface area (Å²) in [5.74, 6) is 1.07. The highest BCUT2D eigenvalue weighted by molar-refractivity contribution is 7.99. The Labute approximate surface area is 204 Å². The zero-order valence-electron chi connectivity index (χ0n) is 19.1. The Morgan fingerprint density at radius 3 is 2.35 bits per heavy atom. The van der Waals surface area contributed by atoms with Crippen molar-refractivity contribution >= 4 is 23.4 Å². The van der Waals surface area contributed by atoms with Gasteiger partial charge in [-0.1, -0.05) is 60.3 Å². The molecule has 3 aromatic rings. The third-order valence-corrected chi connectivity index (χ3v) is 7.97. The van der Waals surface area contributed by atoms with Gasteiger partial charge in [-0.15, -0.1) is 0 Å². The Morgan fingerprint density at radius 1 is 0.941 bits per heavy atom. The number of hydrogen-bond donors (Lipinski definition) is 1. The normalized spacial score (nSPS) is 20.7. The van der Waals surface area contributed by atoms with Crippen LogP contribution in [0.4, 0.5) is 0 Å². The summed E-state index contributed by atoms with van der Waals surface area (Å²) in [6.07, 6.45) is 3.83. The van der Waals surface area contributed by atoms with E-state index in [1.165, 1.54) is 15.4 Å². The predicted octanol–water partition coefficient (Wildman–Crippen LogP) is 5.47. The maximum absolute atomic E-state index is 11.9. The summed E-state index contributed by atoms with van der Waals surface area (Å²) in [6, 6.07) is 27.5. The second-order valence-corrected chi connectivity index (χ2v) is 10.2. The van der Waals surface area contributed by atoms with Crippen molar-refractivity contribution in [1.29, 1.82) is 0 Å². The van der Waals surface area contributed by atoms with Crippen LogP contribution in [0.2, 0.25) is 0 Å². The number of rotatable bonds is 3. The molecule has 0 bridgehead atoms. The molecule has 0 aromatic heterocycles. The second-order valence-electron chi connectivity index (χ2n) is 9.04. The smallest absolute Gasteiger partial charge is 0.219 e. The molecule has 0 unspecified atom stereocenters. The first-order valence-electron chi connectivity index (χ1n) is 11.8. The second kappa shape index (κ2) is 8.53. The molecular formula is C28H27N3O2S. The molecule has 1 atom stereocenters. The van der Waals surface area contributed by atoms with Crippen LogP contribution in [0.15, 0.2) is 94.7 Å². The number of carbonyl (C=O) groups is 1. The van der Waals surface area contributed by atoms with Gasteiger partial charge in [0.05, 0.1) is 11.7 Å². The van der Waals surface area contributed by atoms with Gasteiger partial charge in [-0.25, -0.2) is 0 Å². The van der Waals surface area contributed by atoms with E-state index in [0.29, 0.717) is 13.1 Å². The van der Waals surface area contributed by atoms with Gasteiger partial charge >= 0.3 is 0 Å². The molecule has 3 aliphatic rings. The van der Waals surface area contributed by atoms with Gasteiger partial charge in [-0.05, 0) is 42.0 Å². The number of carbonyl (C=O) groups excluding carboxylic acids is 1. The topological polar surface area (TPSA) is 44.8 Å². The van der Waals surface area contributed by atoms with Crippen LogP contribution in [0.5, 0.6) is 5.75 Å². The lowest BCUT2D eigenvalue weighted by Gasteiger charge is -2.51. The molecule has 172 valence electrons. The van der Waals surface area contributed by atoms with E-state index in [2.05, 4.69) is 83.2 Å². The highest BCUT2D eigenvalue weighted by Gasteiger charge is 2.51. The number of nitrogens with one attached hydrogen (secondary N) is 1. The van der Waals surface area contributed by atoms with Gasteiger partial charge in [-0.2, -0.15) is 5.01 Å². The Morgan fingerprint density at radius 2 is 1.62 bits per heavy atom. The minimum atomic E-state index is -0.480. The molecule has 1 amide bonds. The molecule has 6 heteroatoms. The maximum Gasteiger partial charge on any atom is 0.219 e. The van der Waals surface area contributed by atoms with Crippen LogP contribution in [0.1, 0.15) is 36.9 Å². The lowest BCUT2D eigenvalue weighted by molar-refractivity contribution is -0.165. The zero-order chi connectivity index (χ0) is 23.1. The molecule has 1 N–H and O–H groups in total. The fourth-order valence-electron chi connectivity index (χ4n) is 5.13. The minimum Gasteiger partial charge on any atom is -0.470 e. The Balaban J connectivity index is 1.28. The Hall–Kier alpha value is -3.22. The first-order valence-corrected chi connectivity index (χ1v) is 12.6. The molecule has 1 saturated heterocycles. The number of amides is 1. The summed E-state index contributed by atoms with van der Waals surface area (Å²) in [5.41, 5.74) is 6.62. The van der Waals surface area contributed by atoms with Crippen molar-refractivity contribution in [2.45, 2.75) is 41.3 Å². The monoisotopic (exact) mass is 469 g/mol. The highest BCUT2D eigenvalue weighted by Crippen LogP contribution is 2.48. The van der Waals surface area contributed by atoms with Gasteiger partial charge < -0.3 is 15.1 Å². The molecule has 3 aromatic carbocycles. The number of hydrogen-bond acceptors (Lipinski definition) is 5. The Bertz CT molecular complexity index is 1230. The maximum atomic E-state index is 11.9. The van der Waals surface area contributed by atoms with E-state index in [-0.39, 0.29) is 11.9 Å². The van der Waals surface area contributed by atoms with E-state index in [1.807, 2.05) is 17.0 Å². The van der Waals surface area contributed by atoms with Crippen molar-refractivity contribution in [3.05, 3.63) is 96.1 Å². The summed E-state index contributed by atoms with van der Waals surface area (Å²) in [5, 5.41) is 2.27. The van der Waals surface area contributed by atoms with Crippen molar-refractivity contribution in [3.8, 4) is 5.75 Å². The van der Waals surface area contributed by atoms with Crippen molar-refractivity contribution < 1.29 is 9.53 Å². The summed E-state index contributed by atoms with van der Waals surface area (Å²) in [4.78, 5) is 16.3. The van der Waals surface area contributed by atoms with Gasteiger partial charge in [0.1, 0.15) is 5.75 Å². The molecule has 5 nitrogen and oxygen atoms in total. The van der Waals surface area contributed by atoms with Crippen LogP contribution in [-0.4, -0.2) is 34.6 Å². The van der Waals surface area contributed by atoms with Gasteiger partial charge in [-0.3, -0.25) is 4.79 Å². The predicted molar refractivity (Wildman–Crippen MR) is 134 cm³/mol. The summed E-state index contributed by atoms with van der Waals surface area (Å²) in [6.45, 7) is 3.04. The summed E-state index contributed by atoms with van der Waals surface area (Å²) >= 11 is 1.77. The fourth-order valence-corrected chi connectivity index (χ4v) is 5.96. The molecule has 3 heterocycles. The van der Waals surface area contributed by atoms with E-state index in [4.69, 9.17) is 4.74 Å². The van der Waals surface area contributed by atoms with Crippen molar-refractivity contribution in [1.82, 2.24) is 15.3 Å². The van der Waals surface area contributed by atoms with E-state index < -0.39 is 5.72 Å². The number of likely N-dealkylation sites (tertiary alicyclic amines) is 1. The van der Waals surface area contributed by atoms with E-state index in [1.54, 1.807) is 18.7 Å². The van der Waals surface area contributed by atoms with Gasteiger partial charge in [0.2, 0.25) is 5.91 Å². The SMILES string of the molecule is CC(=O)N1CCC2(CC1)Oc1ccccc1[C@H]1C=C(c3ccc(Sc4ccccc4)cc3)NN12. The molecular weight excluding hydrogens is 442 g/mol. The van der Waals surface area contributed by atoms with E-state index >= 15 is 0 Å². The molecule has 1 fully saturated rings. The van der Waals surface area contributed by atoms with E-state index in [9.17, 15) is 4.79 Å². The third-order valence-electron chi connectivity index (χ3n) is 6.95. The number of para-hydroxylation sites is 1. The summed E-state index contributed by atoms with van der Waals surface area (Å²) < 4.78 is 6.66. The number of piperidine rings is 1. The lowest BCUT2D eigenvalue weighted by Crippen LogP contribution is -2.63. The molecule has 0 aliphatic carbocycles. The number of fused-ring (bicyclic) bond motifs is 4. The lowest BCUT2D eigenvalue weighted by atomic mass is 9.93. The van der Waals surface area contributed by atoms with Crippen LogP contribution in [0.25, 0.3) is 5.70 Å². The van der Waals surface area contributed by atoms with Gasteiger partial charge in [0.25, 0.3) is 0 Å². The highest BCUT2D eigenvalue weighted by atomic mass is 32.2. The van der Waals surface area contributed by atoms with Crippen LogP contribution < -0.4 is 10.2 Å². The molecule has 1 spiro atoms. The molecule has 0 radical (unpaired) electrons. The third kappa shape index (κ3) is 3.77. The summed E-state index contributed by atoms with van der Waals surface area (Å²) in [7, 11) is 0. The average Bonchev–Trinajstić information content (AvgIpc) is 3.33. The van der Waals surface area contributed by atoms with Crippen molar-refractivity contribution in [2.75, 3.05) is 13.1 Å². The quantitative estimate of drug-likeness (QED) is 0.551. The first kappa shape index (κ1) is 21.3. The van der Waals surface area contributed by atoms with Gasteiger partial charge in [0.15, 0.2) is 5.72 Å².